The number of carbonyl (C=O) groups is 1. The molecule has 0 aromatic carbocycles. The molecule has 1 N–H and O–H groups in total. The van der Waals surface area contributed by atoms with Crippen LogP contribution in [0.4, 0.5) is 0 Å². The first-order chi connectivity index (χ1) is 10.7. The largest absolute Gasteiger partial charge is 0.340 e. The van der Waals surface area contributed by atoms with Crippen molar-refractivity contribution in [3.63, 3.8) is 0 Å². The van der Waals surface area contributed by atoms with Crippen LogP contribution in [0.5, 0.6) is 0 Å². The second kappa shape index (κ2) is 10.6. The van der Waals surface area contributed by atoms with Crippen LogP contribution in [-0.4, -0.2) is 66.5 Å². The van der Waals surface area contributed by atoms with Crippen molar-refractivity contribution in [3.05, 3.63) is 16.1 Å². The van der Waals surface area contributed by atoms with E-state index in [1.165, 1.54) is 17.8 Å². The van der Waals surface area contributed by atoms with Crippen molar-refractivity contribution < 1.29 is 4.79 Å². The molecule has 0 saturated carbocycles. The Labute approximate surface area is 161 Å². The van der Waals surface area contributed by atoms with Gasteiger partial charge in [0.25, 0.3) is 0 Å². The molecule has 8 heteroatoms. The van der Waals surface area contributed by atoms with Gasteiger partial charge in [-0.1, -0.05) is 0 Å². The third-order valence-corrected chi connectivity index (χ3v) is 5.73. The maximum Gasteiger partial charge on any atom is 0.223 e. The van der Waals surface area contributed by atoms with Gasteiger partial charge in [-0.15, -0.1) is 36.2 Å². The Morgan fingerprint density at radius 1 is 1.33 bits per heavy atom. The van der Waals surface area contributed by atoms with E-state index in [-0.39, 0.29) is 24.8 Å². The molecule has 3 heterocycles. The van der Waals surface area contributed by atoms with Crippen LogP contribution in [-0.2, 0) is 4.79 Å². The summed E-state index contributed by atoms with van der Waals surface area (Å²) in [5.74, 6) is 0.871. The van der Waals surface area contributed by atoms with E-state index in [4.69, 9.17) is 0 Å². The number of amides is 1. The Bertz CT molecular complexity index is 508. The topological polar surface area (TPSA) is 48.5 Å². The van der Waals surface area contributed by atoms with Gasteiger partial charge in [-0.25, -0.2) is 4.98 Å². The van der Waals surface area contributed by atoms with Crippen LogP contribution in [0.25, 0.3) is 0 Å². The monoisotopic (exact) mass is 394 g/mol. The summed E-state index contributed by atoms with van der Waals surface area (Å²) in [6.45, 7) is 8.72. The second-order valence-electron chi connectivity index (χ2n) is 6.35. The van der Waals surface area contributed by atoms with Gasteiger partial charge >= 0.3 is 0 Å². The van der Waals surface area contributed by atoms with E-state index in [1.54, 1.807) is 11.3 Å². The van der Waals surface area contributed by atoms with Crippen molar-refractivity contribution in [3.8, 4) is 0 Å². The summed E-state index contributed by atoms with van der Waals surface area (Å²) in [5.41, 5.74) is 1.13. The summed E-state index contributed by atoms with van der Waals surface area (Å²) in [6.07, 6.45) is 3.10. The lowest BCUT2D eigenvalue weighted by atomic mass is 9.98. The Kier molecular flexibility index (Phi) is 9.52. The number of halogens is 2. The minimum atomic E-state index is 0. The molecule has 2 aliphatic heterocycles. The molecule has 0 spiro atoms. The highest BCUT2D eigenvalue weighted by Gasteiger charge is 2.24. The average Bonchev–Trinajstić information content (AvgIpc) is 3.00. The van der Waals surface area contributed by atoms with Crippen molar-refractivity contribution in [1.29, 1.82) is 0 Å². The van der Waals surface area contributed by atoms with E-state index in [0.717, 1.165) is 51.5 Å². The van der Waals surface area contributed by atoms with Gasteiger partial charge in [0.05, 0.1) is 5.01 Å². The van der Waals surface area contributed by atoms with E-state index in [9.17, 15) is 4.79 Å². The van der Waals surface area contributed by atoms with E-state index >= 15 is 0 Å². The summed E-state index contributed by atoms with van der Waals surface area (Å²) in [7, 11) is 0. The second-order valence-corrected chi connectivity index (χ2v) is 7.24. The standard InChI is InChI=1S/C16H26N4OS.2ClH/c1-13-12-22-16(18-13)14-3-2-7-19(11-14)8-4-15(21)20-9-5-17-6-10-20;;/h12,14,17H,2-11H2,1H3;2*1H. The number of rotatable bonds is 4. The van der Waals surface area contributed by atoms with Gasteiger partial charge in [0, 0.05) is 62.7 Å². The van der Waals surface area contributed by atoms with E-state index in [0.29, 0.717) is 18.2 Å². The molecular weight excluding hydrogens is 367 g/mol. The van der Waals surface area contributed by atoms with Crippen molar-refractivity contribution in [2.75, 3.05) is 45.8 Å². The molecule has 2 aliphatic rings. The number of nitrogens with zero attached hydrogens (tertiary/aromatic N) is 3. The van der Waals surface area contributed by atoms with Crippen LogP contribution in [0.15, 0.2) is 5.38 Å². The Hall–Kier alpha value is -0.400. The number of aryl methyl sites for hydroxylation is 1. The SMILES string of the molecule is Cc1csc(C2CCCN(CCC(=O)N3CCNCC3)C2)n1.Cl.Cl. The predicted molar refractivity (Wildman–Crippen MR) is 104 cm³/mol. The number of thiazole rings is 1. The lowest BCUT2D eigenvalue weighted by molar-refractivity contribution is -0.132. The summed E-state index contributed by atoms with van der Waals surface area (Å²) >= 11 is 1.79. The number of piperidine rings is 1. The maximum atomic E-state index is 12.3. The van der Waals surface area contributed by atoms with Gasteiger partial charge in [-0.3, -0.25) is 4.79 Å². The normalized spacial score (nSPS) is 21.7. The number of hydrogen-bond donors (Lipinski definition) is 1. The zero-order valence-electron chi connectivity index (χ0n) is 14.2. The molecule has 1 unspecified atom stereocenters. The molecule has 1 aromatic rings. The zero-order chi connectivity index (χ0) is 15.4. The third-order valence-electron chi connectivity index (χ3n) is 4.60. The number of hydrogen-bond acceptors (Lipinski definition) is 5. The highest BCUT2D eigenvalue weighted by Crippen LogP contribution is 2.29. The Balaban J connectivity index is 0.00000144. The van der Waals surface area contributed by atoms with Crippen LogP contribution in [0.3, 0.4) is 0 Å². The van der Waals surface area contributed by atoms with Crippen molar-refractivity contribution in [2.24, 2.45) is 0 Å². The number of piperazine rings is 1. The Morgan fingerprint density at radius 2 is 2.08 bits per heavy atom. The fourth-order valence-electron chi connectivity index (χ4n) is 3.35. The highest BCUT2D eigenvalue weighted by atomic mass is 35.5. The van der Waals surface area contributed by atoms with Crippen LogP contribution < -0.4 is 5.32 Å². The van der Waals surface area contributed by atoms with E-state index in [2.05, 4.69) is 27.5 Å². The summed E-state index contributed by atoms with van der Waals surface area (Å²) < 4.78 is 0. The minimum absolute atomic E-state index is 0. The summed E-state index contributed by atoms with van der Waals surface area (Å²) in [6, 6.07) is 0. The smallest absolute Gasteiger partial charge is 0.223 e. The van der Waals surface area contributed by atoms with Crippen molar-refractivity contribution in [1.82, 2.24) is 20.1 Å². The first-order valence-electron chi connectivity index (χ1n) is 8.35. The molecule has 2 saturated heterocycles. The van der Waals surface area contributed by atoms with Crippen molar-refractivity contribution >= 4 is 42.1 Å². The van der Waals surface area contributed by atoms with Crippen LogP contribution in [0, 0.1) is 6.92 Å². The molecule has 1 amide bonds. The quantitative estimate of drug-likeness (QED) is 0.850. The first-order valence-corrected chi connectivity index (χ1v) is 9.23. The van der Waals surface area contributed by atoms with Crippen LogP contribution >= 0.6 is 36.2 Å². The van der Waals surface area contributed by atoms with Gasteiger partial charge in [-0.2, -0.15) is 0 Å². The van der Waals surface area contributed by atoms with Crippen LogP contribution in [0.2, 0.25) is 0 Å². The number of nitrogens with one attached hydrogen (secondary N) is 1. The molecule has 0 aliphatic carbocycles. The number of aromatic nitrogens is 1. The van der Waals surface area contributed by atoms with Crippen molar-refractivity contribution in [2.45, 2.75) is 32.1 Å². The van der Waals surface area contributed by atoms with Gasteiger partial charge in [-0.05, 0) is 26.3 Å². The minimum Gasteiger partial charge on any atom is -0.340 e. The molecule has 1 atom stereocenters. The zero-order valence-corrected chi connectivity index (χ0v) is 16.6. The first kappa shape index (κ1) is 21.6. The fourth-order valence-corrected chi connectivity index (χ4v) is 4.27. The van der Waals surface area contributed by atoms with Gasteiger partial charge in [0.2, 0.25) is 5.91 Å². The molecule has 0 bridgehead atoms. The molecule has 1 aromatic heterocycles. The summed E-state index contributed by atoms with van der Waals surface area (Å²) in [5, 5.41) is 6.71. The van der Waals surface area contributed by atoms with Gasteiger partial charge < -0.3 is 15.1 Å². The molecule has 5 nitrogen and oxygen atoms in total. The van der Waals surface area contributed by atoms with E-state index < -0.39 is 0 Å². The molecule has 24 heavy (non-hydrogen) atoms. The van der Waals surface area contributed by atoms with Gasteiger partial charge in [0.1, 0.15) is 0 Å². The Morgan fingerprint density at radius 3 is 2.75 bits per heavy atom. The highest BCUT2D eigenvalue weighted by molar-refractivity contribution is 7.09. The summed E-state index contributed by atoms with van der Waals surface area (Å²) in [4.78, 5) is 21.4. The van der Waals surface area contributed by atoms with Gasteiger partial charge in [0.15, 0.2) is 0 Å². The fraction of sp³-hybridized carbons (Fsp3) is 0.750. The lowest BCUT2D eigenvalue weighted by Crippen LogP contribution is -2.47. The molecule has 2 fully saturated rings. The molecule has 3 rings (SSSR count). The maximum absolute atomic E-state index is 12.3. The molecule has 0 radical (unpaired) electrons. The molecule has 138 valence electrons. The number of carbonyl (C=O) groups excluding carboxylic acids is 1. The number of likely N-dealkylation sites (tertiary alicyclic amines) is 1. The van der Waals surface area contributed by atoms with Crippen LogP contribution in [0.1, 0.15) is 35.9 Å². The third kappa shape index (κ3) is 5.85. The molecular formula is C16H28Cl2N4OS. The van der Waals surface area contributed by atoms with E-state index in [1.807, 2.05) is 4.90 Å². The predicted octanol–water partition coefficient (Wildman–Crippen LogP) is 2.30. The lowest BCUT2D eigenvalue weighted by Gasteiger charge is -2.33. The average molecular weight is 395 g/mol.